The standard InChI is InChI=1S/C10H15NO3S/c1-3-6-15(13,14)11-9-4-5-10(12)8(2)7-9/h4-5,7,11-12H,3,6H2,1-2H3. The Kier molecular flexibility index (Phi) is 3.57. The van der Waals surface area contributed by atoms with Gasteiger partial charge < -0.3 is 5.11 Å². The molecule has 0 amide bonds. The molecule has 0 aromatic heterocycles. The minimum Gasteiger partial charge on any atom is -0.508 e. The molecule has 1 rings (SSSR count). The van der Waals surface area contributed by atoms with Crippen LogP contribution in [0.3, 0.4) is 0 Å². The third-order valence-electron chi connectivity index (χ3n) is 1.94. The Hall–Kier alpha value is -1.23. The summed E-state index contributed by atoms with van der Waals surface area (Å²) in [5.41, 5.74) is 1.13. The third kappa shape index (κ3) is 3.43. The summed E-state index contributed by atoms with van der Waals surface area (Å²) in [6.45, 7) is 3.52. The summed E-state index contributed by atoms with van der Waals surface area (Å²) >= 11 is 0. The van der Waals surface area contributed by atoms with E-state index in [1.54, 1.807) is 19.9 Å². The van der Waals surface area contributed by atoms with E-state index in [2.05, 4.69) is 4.72 Å². The minimum atomic E-state index is -3.25. The van der Waals surface area contributed by atoms with Crippen LogP contribution in [0.4, 0.5) is 5.69 Å². The highest BCUT2D eigenvalue weighted by Gasteiger charge is 2.09. The molecule has 0 bridgehead atoms. The van der Waals surface area contributed by atoms with Crippen molar-refractivity contribution >= 4 is 15.7 Å². The molecule has 2 N–H and O–H groups in total. The van der Waals surface area contributed by atoms with Crippen LogP contribution in [0, 0.1) is 6.92 Å². The molecule has 0 saturated heterocycles. The van der Waals surface area contributed by atoms with Crippen molar-refractivity contribution in [2.75, 3.05) is 10.5 Å². The highest BCUT2D eigenvalue weighted by Crippen LogP contribution is 2.20. The van der Waals surface area contributed by atoms with Crippen LogP contribution in [0.25, 0.3) is 0 Å². The molecule has 0 aliphatic rings. The second kappa shape index (κ2) is 4.53. The van der Waals surface area contributed by atoms with Gasteiger partial charge in [0.15, 0.2) is 0 Å². The van der Waals surface area contributed by atoms with E-state index in [9.17, 15) is 13.5 Å². The van der Waals surface area contributed by atoms with Gasteiger partial charge in [-0.3, -0.25) is 4.72 Å². The summed E-state index contributed by atoms with van der Waals surface area (Å²) < 4.78 is 25.3. The SMILES string of the molecule is CCCS(=O)(=O)Nc1ccc(O)c(C)c1. The van der Waals surface area contributed by atoms with Crippen LogP contribution in [0.1, 0.15) is 18.9 Å². The smallest absolute Gasteiger partial charge is 0.232 e. The molecular formula is C10H15NO3S. The van der Waals surface area contributed by atoms with Gasteiger partial charge in [0.1, 0.15) is 5.75 Å². The Labute approximate surface area is 90.0 Å². The van der Waals surface area contributed by atoms with Gasteiger partial charge >= 0.3 is 0 Å². The summed E-state index contributed by atoms with van der Waals surface area (Å²) in [7, 11) is -3.25. The third-order valence-corrected chi connectivity index (χ3v) is 3.44. The van der Waals surface area contributed by atoms with E-state index >= 15 is 0 Å². The molecule has 1 aromatic carbocycles. The number of phenolic OH excluding ortho intramolecular Hbond substituents is 1. The summed E-state index contributed by atoms with van der Waals surface area (Å²) in [6, 6.07) is 4.61. The van der Waals surface area contributed by atoms with Crippen molar-refractivity contribution in [1.82, 2.24) is 0 Å². The maximum absolute atomic E-state index is 11.4. The molecule has 0 spiro atoms. The van der Waals surface area contributed by atoms with E-state index in [0.29, 0.717) is 17.7 Å². The predicted octanol–water partition coefficient (Wildman–Crippen LogP) is 1.85. The summed E-state index contributed by atoms with van der Waals surface area (Å²) in [4.78, 5) is 0. The number of aryl methyl sites for hydroxylation is 1. The van der Waals surface area contributed by atoms with Crippen molar-refractivity contribution in [1.29, 1.82) is 0 Å². The lowest BCUT2D eigenvalue weighted by Gasteiger charge is -2.08. The molecule has 0 radical (unpaired) electrons. The molecule has 0 heterocycles. The number of anilines is 1. The molecule has 1 aromatic rings. The van der Waals surface area contributed by atoms with Crippen LogP contribution < -0.4 is 4.72 Å². The van der Waals surface area contributed by atoms with Crippen molar-refractivity contribution in [3.05, 3.63) is 23.8 Å². The van der Waals surface area contributed by atoms with E-state index in [0.717, 1.165) is 0 Å². The topological polar surface area (TPSA) is 66.4 Å². The van der Waals surface area contributed by atoms with E-state index in [1.165, 1.54) is 12.1 Å². The highest BCUT2D eigenvalue weighted by atomic mass is 32.2. The maximum Gasteiger partial charge on any atom is 0.232 e. The van der Waals surface area contributed by atoms with E-state index in [1.807, 2.05) is 0 Å². The van der Waals surface area contributed by atoms with Crippen LogP contribution >= 0.6 is 0 Å². The van der Waals surface area contributed by atoms with Crippen molar-refractivity contribution in [3.8, 4) is 5.75 Å². The fourth-order valence-corrected chi connectivity index (χ4v) is 2.34. The average molecular weight is 229 g/mol. The molecule has 0 saturated carbocycles. The Morgan fingerprint density at radius 2 is 2.07 bits per heavy atom. The fraction of sp³-hybridized carbons (Fsp3) is 0.400. The van der Waals surface area contributed by atoms with Gasteiger partial charge in [0.25, 0.3) is 0 Å². The highest BCUT2D eigenvalue weighted by molar-refractivity contribution is 7.92. The molecule has 84 valence electrons. The number of aromatic hydroxyl groups is 1. The molecule has 0 aliphatic heterocycles. The Bertz CT molecular complexity index is 440. The van der Waals surface area contributed by atoms with Gasteiger partial charge in [0, 0.05) is 5.69 Å². The molecule has 4 nitrogen and oxygen atoms in total. The largest absolute Gasteiger partial charge is 0.508 e. The van der Waals surface area contributed by atoms with Crippen LogP contribution in [-0.4, -0.2) is 19.3 Å². The summed E-state index contributed by atoms with van der Waals surface area (Å²) in [5, 5.41) is 9.27. The van der Waals surface area contributed by atoms with Gasteiger partial charge in [-0.2, -0.15) is 0 Å². The quantitative estimate of drug-likeness (QED) is 0.774. The number of rotatable bonds is 4. The van der Waals surface area contributed by atoms with Crippen molar-refractivity contribution in [2.45, 2.75) is 20.3 Å². The van der Waals surface area contributed by atoms with Crippen LogP contribution in [-0.2, 0) is 10.0 Å². The van der Waals surface area contributed by atoms with Gasteiger partial charge in [-0.15, -0.1) is 0 Å². The molecule has 15 heavy (non-hydrogen) atoms. The molecule has 0 unspecified atom stereocenters. The second-order valence-electron chi connectivity index (χ2n) is 3.42. The molecule has 0 aliphatic carbocycles. The average Bonchev–Trinajstić information content (AvgIpc) is 2.10. The van der Waals surface area contributed by atoms with Crippen molar-refractivity contribution < 1.29 is 13.5 Å². The number of phenols is 1. The van der Waals surface area contributed by atoms with E-state index < -0.39 is 10.0 Å². The zero-order chi connectivity index (χ0) is 11.5. The Balaban J connectivity index is 2.86. The lowest BCUT2D eigenvalue weighted by Crippen LogP contribution is -2.16. The molecule has 5 heteroatoms. The first kappa shape index (κ1) is 11.8. The van der Waals surface area contributed by atoms with E-state index in [4.69, 9.17) is 0 Å². The van der Waals surface area contributed by atoms with Crippen LogP contribution in [0.15, 0.2) is 18.2 Å². The minimum absolute atomic E-state index is 0.104. The van der Waals surface area contributed by atoms with Gasteiger partial charge in [0.05, 0.1) is 5.75 Å². The number of hydrogen-bond acceptors (Lipinski definition) is 3. The van der Waals surface area contributed by atoms with Crippen molar-refractivity contribution in [2.24, 2.45) is 0 Å². The van der Waals surface area contributed by atoms with Crippen LogP contribution in [0.2, 0.25) is 0 Å². The Morgan fingerprint density at radius 3 is 2.60 bits per heavy atom. The summed E-state index contributed by atoms with van der Waals surface area (Å²) in [6.07, 6.45) is 0.576. The molecule has 0 atom stereocenters. The lowest BCUT2D eigenvalue weighted by molar-refractivity contribution is 0.471. The van der Waals surface area contributed by atoms with Gasteiger partial charge in [0.2, 0.25) is 10.0 Å². The summed E-state index contributed by atoms with van der Waals surface area (Å²) in [5.74, 6) is 0.265. The van der Waals surface area contributed by atoms with Crippen molar-refractivity contribution in [3.63, 3.8) is 0 Å². The monoisotopic (exact) mass is 229 g/mol. The Morgan fingerprint density at radius 1 is 1.40 bits per heavy atom. The zero-order valence-electron chi connectivity index (χ0n) is 8.82. The van der Waals surface area contributed by atoms with E-state index in [-0.39, 0.29) is 11.5 Å². The maximum atomic E-state index is 11.4. The predicted molar refractivity (Wildman–Crippen MR) is 60.5 cm³/mol. The van der Waals surface area contributed by atoms with Crippen LogP contribution in [0.5, 0.6) is 5.75 Å². The number of nitrogens with one attached hydrogen (secondary N) is 1. The normalized spacial score (nSPS) is 11.3. The second-order valence-corrected chi connectivity index (χ2v) is 5.26. The lowest BCUT2D eigenvalue weighted by atomic mass is 10.2. The molecular weight excluding hydrogens is 214 g/mol. The number of hydrogen-bond donors (Lipinski definition) is 2. The first-order valence-corrected chi connectivity index (χ1v) is 6.40. The zero-order valence-corrected chi connectivity index (χ0v) is 9.63. The number of benzene rings is 1. The van der Waals surface area contributed by atoms with Gasteiger partial charge in [-0.25, -0.2) is 8.42 Å². The first-order chi connectivity index (χ1) is 6.94. The number of sulfonamides is 1. The first-order valence-electron chi connectivity index (χ1n) is 4.74. The van der Waals surface area contributed by atoms with Gasteiger partial charge in [-0.05, 0) is 37.1 Å². The van der Waals surface area contributed by atoms with Gasteiger partial charge in [-0.1, -0.05) is 6.92 Å². The fourth-order valence-electron chi connectivity index (χ4n) is 1.22. The molecule has 0 fully saturated rings.